The van der Waals surface area contributed by atoms with E-state index in [-0.39, 0.29) is 11.2 Å². The molecule has 2 aromatic heterocycles. The molecule has 0 saturated carbocycles. The van der Waals surface area contributed by atoms with Crippen molar-refractivity contribution in [2.45, 2.75) is 39.4 Å². The van der Waals surface area contributed by atoms with E-state index in [2.05, 4.69) is 33.5 Å². The maximum Gasteiger partial charge on any atom is 0.330 e. The van der Waals surface area contributed by atoms with Crippen molar-refractivity contribution in [1.29, 1.82) is 0 Å². The van der Waals surface area contributed by atoms with Crippen LogP contribution in [-0.4, -0.2) is 35.3 Å². The monoisotopic (exact) mass is 318 g/mol. The molecule has 23 heavy (non-hydrogen) atoms. The lowest BCUT2D eigenvalue weighted by molar-refractivity contribution is 0.205. The maximum atomic E-state index is 12.2. The van der Waals surface area contributed by atoms with Crippen LogP contribution in [0.15, 0.2) is 15.8 Å². The number of hydrogen-bond acceptors (Lipinski definition) is 5. The van der Waals surface area contributed by atoms with Crippen molar-refractivity contribution in [1.82, 2.24) is 28.8 Å². The van der Waals surface area contributed by atoms with E-state index in [0.717, 1.165) is 29.3 Å². The smallest absolute Gasteiger partial charge is 0.312 e. The fraction of sp³-hybridized carbons (Fsp3) is 0.600. The number of nitrogens with zero attached hydrogens (tertiary/aromatic N) is 6. The molecule has 0 aromatic carbocycles. The molecule has 0 N–H and O–H groups in total. The van der Waals surface area contributed by atoms with Gasteiger partial charge in [-0.05, 0) is 0 Å². The van der Waals surface area contributed by atoms with Crippen LogP contribution >= 0.6 is 0 Å². The van der Waals surface area contributed by atoms with Gasteiger partial charge in [-0.15, -0.1) is 10.2 Å². The highest BCUT2D eigenvalue weighted by Gasteiger charge is 2.23. The van der Waals surface area contributed by atoms with Crippen molar-refractivity contribution in [3.05, 3.63) is 44.2 Å². The Balaban J connectivity index is 1.83. The Morgan fingerprint density at radius 3 is 2.61 bits per heavy atom. The quantitative estimate of drug-likeness (QED) is 0.784. The van der Waals surface area contributed by atoms with Crippen LogP contribution < -0.4 is 11.2 Å². The van der Waals surface area contributed by atoms with Gasteiger partial charge in [-0.3, -0.25) is 14.3 Å². The summed E-state index contributed by atoms with van der Waals surface area (Å²) in [7, 11) is 3.17. The Kier molecular flexibility index (Phi) is 3.93. The summed E-state index contributed by atoms with van der Waals surface area (Å²) in [5, 5.41) is 8.55. The molecular formula is C15H22N6O2. The Labute approximate surface area is 134 Å². The molecule has 0 aliphatic carbocycles. The molecule has 0 fully saturated rings. The molecule has 1 aliphatic heterocycles. The molecule has 8 heteroatoms. The summed E-state index contributed by atoms with van der Waals surface area (Å²) in [4.78, 5) is 26.2. The molecular weight excluding hydrogens is 296 g/mol. The van der Waals surface area contributed by atoms with E-state index in [0.29, 0.717) is 24.6 Å². The third-order valence-electron chi connectivity index (χ3n) is 4.29. The van der Waals surface area contributed by atoms with Crippen LogP contribution in [0.1, 0.15) is 37.0 Å². The van der Waals surface area contributed by atoms with Crippen molar-refractivity contribution >= 4 is 0 Å². The van der Waals surface area contributed by atoms with Gasteiger partial charge in [-0.2, -0.15) is 0 Å². The van der Waals surface area contributed by atoms with E-state index >= 15 is 0 Å². The Hall–Kier alpha value is -2.22. The first-order chi connectivity index (χ1) is 10.9. The van der Waals surface area contributed by atoms with Gasteiger partial charge in [0.1, 0.15) is 11.6 Å². The lowest BCUT2D eigenvalue weighted by Crippen LogP contribution is -2.41. The molecule has 1 aliphatic rings. The minimum Gasteiger partial charge on any atom is -0.312 e. The number of rotatable bonds is 3. The first kappa shape index (κ1) is 15.7. The summed E-state index contributed by atoms with van der Waals surface area (Å²) in [6, 6.07) is 0. The first-order valence-electron chi connectivity index (χ1n) is 7.78. The predicted molar refractivity (Wildman–Crippen MR) is 85.1 cm³/mol. The highest BCUT2D eigenvalue weighted by Crippen LogP contribution is 2.18. The molecule has 0 spiro atoms. The molecule has 124 valence electrons. The average molecular weight is 318 g/mol. The largest absolute Gasteiger partial charge is 0.330 e. The summed E-state index contributed by atoms with van der Waals surface area (Å²) in [6.45, 7) is 7.03. The SMILES string of the molecule is CC(C)c1nnc2n1CCN(Cc1cn(C)c(=O)n(C)c1=O)C2. The Bertz CT molecular complexity index is 845. The molecule has 3 heterocycles. The highest BCUT2D eigenvalue weighted by atomic mass is 16.2. The summed E-state index contributed by atoms with van der Waals surface area (Å²) in [6.07, 6.45) is 1.63. The summed E-state index contributed by atoms with van der Waals surface area (Å²) in [5.74, 6) is 2.29. The van der Waals surface area contributed by atoms with Crippen LogP contribution in [-0.2, 0) is 33.7 Å². The van der Waals surface area contributed by atoms with Crippen molar-refractivity contribution in [2.75, 3.05) is 6.54 Å². The number of aromatic nitrogens is 5. The Morgan fingerprint density at radius 2 is 1.91 bits per heavy atom. The molecule has 0 radical (unpaired) electrons. The third kappa shape index (κ3) is 2.74. The zero-order valence-corrected chi connectivity index (χ0v) is 14.0. The van der Waals surface area contributed by atoms with Gasteiger partial charge in [0.05, 0.1) is 6.54 Å². The number of hydrogen-bond donors (Lipinski definition) is 0. The van der Waals surface area contributed by atoms with Crippen LogP contribution in [0.25, 0.3) is 0 Å². The standard InChI is InChI=1S/C15H22N6O2/c1-10(2)13-17-16-12-9-20(5-6-21(12)13)8-11-7-18(3)15(23)19(4)14(11)22/h7,10H,5-6,8-9H2,1-4H3. The highest BCUT2D eigenvalue weighted by molar-refractivity contribution is 5.08. The lowest BCUT2D eigenvalue weighted by Gasteiger charge is -2.28. The van der Waals surface area contributed by atoms with Crippen LogP contribution in [0.2, 0.25) is 0 Å². The van der Waals surface area contributed by atoms with Gasteiger partial charge in [-0.1, -0.05) is 13.8 Å². The van der Waals surface area contributed by atoms with Gasteiger partial charge in [0.15, 0.2) is 0 Å². The van der Waals surface area contributed by atoms with Gasteiger partial charge in [0, 0.05) is 51.4 Å². The first-order valence-corrected chi connectivity index (χ1v) is 7.78. The van der Waals surface area contributed by atoms with E-state index in [9.17, 15) is 9.59 Å². The van der Waals surface area contributed by atoms with E-state index in [1.807, 2.05) is 0 Å². The van der Waals surface area contributed by atoms with Crippen LogP contribution in [0.3, 0.4) is 0 Å². The molecule has 0 unspecified atom stereocenters. The Morgan fingerprint density at radius 1 is 1.17 bits per heavy atom. The van der Waals surface area contributed by atoms with E-state index in [1.165, 1.54) is 11.6 Å². The number of aryl methyl sites for hydroxylation is 1. The van der Waals surface area contributed by atoms with E-state index < -0.39 is 0 Å². The predicted octanol–water partition coefficient (Wildman–Crippen LogP) is -0.185. The summed E-state index contributed by atoms with van der Waals surface area (Å²) in [5.41, 5.74) is 0.0772. The molecule has 0 atom stereocenters. The summed E-state index contributed by atoms with van der Waals surface area (Å²) < 4.78 is 4.76. The van der Waals surface area contributed by atoms with Crippen LogP contribution in [0.4, 0.5) is 0 Å². The molecule has 3 rings (SSSR count). The van der Waals surface area contributed by atoms with Gasteiger partial charge < -0.3 is 9.13 Å². The molecule has 8 nitrogen and oxygen atoms in total. The molecule has 2 aromatic rings. The van der Waals surface area contributed by atoms with Crippen LogP contribution in [0.5, 0.6) is 0 Å². The second-order valence-corrected chi connectivity index (χ2v) is 6.40. The number of fused-ring (bicyclic) bond motifs is 1. The third-order valence-corrected chi connectivity index (χ3v) is 4.29. The van der Waals surface area contributed by atoms with Crippen molar-refractivity contribution in [3.8, 4) is 0 Å². The lowest BCUT2D eigenvalue weighted by atomic mass is 10.2. The van der Waals surface area contributed by atoms with Gasteiger partial charge in [-0.25, -0.2) is 4.79 Å². The maximum absolute atomic E-state index is 12.2. The minimum absolute atomic E-state index is 0.233. The van der Waals surface area contributed by atoms with Gasteiger partial charge in [0.2, 0.25) is 0 Å². The second-order valence-electron chi connectivity index (χ2n) is 6.40. The topological polar surface area (TPSA) is 78.0 Å². The minimum atomic E-state index is -0.307. The zero-order valence-electron chi connectivity index (χ0n) is 14.0. The normalized spacial score (nSPS) is 15.2. The van der Waals surface area contributed by atoms with E-state index in [1.54, 1.807) is 13.2 Å². The van der Waals surface area contributed by atoms with Crippen molar-refractivity contribution in [2.24, 2.45) is 14.1 Å². The fourth-order valence-corrected chi connectivity index (χ4v) is 3.02. The molecule has 0 saturated heterocycles. The summed E-state index contributed by atoms with van der Waals surface area (Å²) >= 11 is 0. The van der Waals surface area contributed by atoms with Gasteiger partial charge >= 0.3 is 5.69 Å². The zero-order chi connectivity index (χ0) is 16.7. The van der Waals surface area contributed by atoms with Crippen molar-refractivity contribution < 1.29 is 0 Å². The van der Waals surface area contributed by atoms with Gasteiger partial charge in [0.25, 0.3) is 5.56 Å². The fourth-order valence-electron chi connectivity index (χ4n) is 3.02. The molecule has 0 amide bonds. The average Bonchev–Trinajstić information content (AvgIpc) is 2.94. The van der Waals surface area contributed by atoms with Crippen molar-refractivity contribution in [3.63, 3.8) is 0 Å². The van der Waals surface area contributed by atoms with Crippen LogP contribution in [0, 0.1) is 0 Å². The second kappa shape index (κ2) is 5.77. The molecule has 0 bridgehead atoms. The van der Waals surface area contributed by atoms with E-state index in [4.69, 9.17) is 0 Å².